The Kier molecular flexibility index (Phi) is 4.77. The van der Waals surface area contributed by atoms with E-state index in [0.29, 0.717) is 24.7 Å². The summed E-state index contributed by atoms with van der Waals surface area (Å²) in [6.45, 7) is 4.66. The van der Waals surface area contributed by atoms with Crippen molar-refractivity contribution in [3.8, 4) is 11.3 Å². The molecule has 0 atom stereocenters. The lowest BCUT2D eigenvalue weighted by Gasteiger charge is -2.27. The molecule has 2 saturated heterocycles. The highest BCUT2D eigenvalue weighted by Gasteiger charge is 2.18. The predicted molar refractivity (Wildman–Crippen MR) is 110 cm³/mol. The number of morpholine rings is 1. The molecule has 1 N–H and O–H groups in total. The summed E-state index contributed by atoms with van der Waals surface area (Å²) in [6.07, 6.45) is 2.14. The summed E-state index contributed by atoms with van der Waals surface area (Å²) in [6, 6.07) is 11.6. The lowest BCUT2D eigenvalue weighted by molar-refractivity contribution is 0.122. The van der Waals surface area contributed by atoms with Crippen molar-refractivity contribution in [2.24, 2.45) is 0 Å². The molecule has 5 rings (SSSR count). The number of anilines is 2. The number of likely N-dealkylation sites (tertiary alicyclic amines) is 1. The number of ether oxygens (including phenoxy) is 1. The molecule has 2 aliphatic heterocycles. The Morgan fingerprint density at radius 2 is 1.83 bits per heavy atom. The van der Waals surface area contributed by atoms with Gasteiger partial charge in [-0.1, -0.05) is 12.1 Å². The predicted octanol–water partition coefficient (Wildman–Crippen LogP) is 3.35. The van der Waals surface area contributed by atoms with E-state index in [-0.39, 0.29) is 6.03 Å². The number of nitrogens with zero attached hydrogens (tertiary/aromatic N) is 4. The zero-order valence-electron chi connectivity index (χ0n) is 16.1. The van der Waals surface area contributed by atoms with Gasteiger partial charge in [-0.2, -0.15) is 0 Å². The average Bonchev–Trinajstić information content (AvgIpc) is 3.44. The number of hydrogen-bond acceptors (Lipinski definition) is 6. The third-order valence-electron chi connectivity index (χ3n) is 5.39. The minimum absolute atomic E-state index is 0.0507. The second kappa shape index (κ2) is 7.71. The number of fused-ring (bicyclic) bond motifs is 1. The van der Waals surface area contributed by atoms with Crippen LogP contribution in [0, 0.1) is 0 Å². The van der Waals surface area contributed by atoms with Crippen LogP contribution in [0.4, 0.5) is 16.3 Å². The normalized spacial score (nSPS) is 17.1. The summed E-state index contributed by atoms with van der Waals surface area (Å²) in [5.74, 6) is 1.53. The molecule has 0 saturated carbocycles. The number of nitrogens with one attached hydrogen (secondary N) is 1. The van der Waals surface area contributed by atoms with Crippen LogP contribution >= 0.6 is 0 Å². The molecule has 2 amide bonds. The molecule has 4 heterocycles. The van der Waals surface area contributed by atoms with Gasteiger partial charge in [-0.15, -0.1) is 10.2 Å². The van der Waals surface area contributed by atoms with Crippen LogP contribution < -0.4 is 10.2 Å². The van der Waals surface area contributed by atoms with Crippen molar-refractivity contribution < 1.29 is 13.9 Å². The number of carbonyl (C=O) groups excluding carboxylic acids is 1. The maximum absolute atomic E-state index is 12.4. The van der Waals surface area contributed by atoms with E-state index in [1.54, 1.807) is 0 Å². The largest absolute Gasteiger partial charge is 0.436 e. The van der Waals surface area contributed by atoms with Gasteiger partial charge in [0.25, 0.3) is 0 Å². The van der Waals surface area contributed by atoms with E-state index in [1.165, 1.54) is 0 Å². The maximum atomic E-state index is 12.4. The minimum Gasteiger partial charge on any atom is -0.436 e. The number of amides is 2. The van der Waals surface area contributed by atoms with E-state index in [1.807, 2.05) is 41.3 Å². The Morgan fingerprint density at radius 1 is 1.00 bits per heavy atom. The molecular formula is C21H23N5O3. The lowest BCUT2D eigenvalue weighted by Crippen LogP contribution is -2.36. The van der Waals surface area contributed by atoms with Crippen LogP contribution in [0.25, 0.3) is 22.4 Å². The van der Waals surface area contributed by atoms with Gasteiger partial charge in [-0.05, 0) is 37.1 Å². The molecule has 3 aromatic rings. The number of hydrogen-bond donors (Lipinski definition) is 1. The summed E-state index contributed by atoms with van der Waals surface area (Å²) in [5.41, 5.74) is 2.14. The van der Waals surface area contributed by atoms with Crippen LogP contribution in [-0.2, 0) is 4.74 Å². The maximum Gasteiger partial charge on any atom is 0.321 e. The van der Waals surface area contributed by atoms with Crippen molar-refractivity contribution in [1.82, 2.24) is 15.1 Å². The fourth-order valence-electron chi connectivity index (χ4n) is 3.80. The fourth-order valence-corrected chi connectivity index (χ4v) is 3.80. The summed E-state index contributed by atoms with van der Waals surface area (Å²) >= 11 is 0. The van der Waals surface area contributed by atoms with E-state index in [2.05, 4.69) is 20.4 Å². The molecule has 1 aromatic carbocycles. The molecule has 8 heteroatoms. The molecule has 2 aromatic heterocycles. The van der Waals surface area contributed by atoms with Gasteiger partial charge < -0.3 is 24.3 Å². The van der Waals surface area contributed by atoms with Crippen LogP contribution in [0.1, 0.15) is 12.8 Å². The monoisotopic (exact) mass is 393 g/mol. The lowest BCUT2D eigenvalue weighted by atomic mass is 10.1. The molecule has 0 radical (unpaired) electrons. The average molecular weight is 393 g/mol. The van der Waals surface area contributed by atoms with Gasteiger partial charge in [0.05, 0.1) is 13.2 Å². The Bertz CT molecular complexity index is 1020. The quantitative estimate of drug-likeness (QED) is 0.735. The Hall–Kier alpha value is -3.13. The third-order valence-corrected chi connectivity index (χ3v) is 5.39. The zero-order valence-corrected chi connectivity index (χ0v) is 16.1. The van der Waals surface area contributed by atoms with Crippen molar-refractivity contribution >= 4 is 28.6 Å². The Balaban J connectivity index is 1.37. The first-order valence-electron chi connectivity index (χ1n) is 10.0. The topological polar surface area (TPSA) is 83.7 Å². The van der Waals surface area contributed by atoms with Gasteiger partial charge in [0.2, 0.25) is 5.71 Å². The van der Waals surface area contributed by atoms with Gasteiger partial charge in [0.1, 0.15) is 5.76 Å². The van der Waals surface area contributed by atoms with Gasteiger partial charge in [-0.3, -0.25) is 0 Å². The summed E-state index contributed by atoms with van der Waals surface area (Å²) < 4.78 is 11.3. The number of benzene rings is 1. The van der Waals surface area contributed by atoms with Crippen molar-refractivity contribution in [2.45, 2.75) is 12.8 Å². The molecule has 2 aliphatic rings. The highest BCUT2D eigenvalue weighted by atomic mass is 16.5. The van der Waals surface area contributed by atoms with Crippen LogP contribution in [0.5, 0.6) is 0 Å². The summed E-state index contributed by atoms with van der Waals surface area (Å²) in [7, 11) is 0. The first-order valence-corrected chi connectivity index (χ1v) is 10.0. The van der Waals surface area contributed by atoms with Crippen LogP contribution in [0.3, 0.4) is 0 Å². The number of rotatable bonds is 3. The SMILES string of the molecule is O=C(Nc1cccc(-c2cc3cc(N4CCOCC4)nnc3o2)c1)N1CCCC1. The number of aromatic nitrogens is 2. The van der Waals surface area contributed by atoms with E-state index in [0.717, 1.165) is 61.5 Å². The van der Waals surface area contributed by atoms with Crippen molar-refractivity contribution in [2.75, 3.05) is 49.6 Å². The molecule has 0 aliphatic carbocycles. The standard InChI is InChI=1S/C21H23N5O3/c27-21(26-6-1-2-7-26)22-17-5-3-4-15(12-17)18-13-16-14-19(23-24-20(16)29-18)25-8-10-28-11-9-25/h3-5,12-14H,1-2,6-11H2,(H,22,27). The summed E-state index contributed by atoms with van der Waals surface area (Å²) in [4.78, 5) is 16.4. The van der Waals surface area contributed by atoms with Crippen LogP contribution in [0.15, 0.2) is 40.8 Å². The molecule has 2 fully saturated rings. The molecule has 0 bridgehead atoms. The number of urea groups is 1. The highest BCUT2D eigenvalue weighted by Crippen LogP contribution is 2.30. The molecule has 150 valence electrons. The van der Waals surface area contributed by atoms with Gasteiger partial charge in [0, 0.05) is 42.8 Å². The van der Waals surface area contributed by atoms with Crippen molar-refractivity contribution in [3.63, 3.8) is 0 Å². The Labute approximate surface area is 168 Å². The first kappa shape index (κ1) is 17.9. The smallest absolute Gasteiger partial charge is 0.321 e. The molecule has 8 nitrogen and oxygen atoms in total. The van der Waals surface area contributed by atoms with Crippen LogP contribution in [-0.4, -0.2) is 60.5 Å². The van der Waals surface area contributed by atoms with Crippen molar-refractivity contribution in [3.05, 3.63) is 36.4 Å². The van der Waals surface area contributed by atoms with Crippen LogP contribution in [0.2, 0.25) is 0 Å². The zero-order chi connectivity index (χ0) is 19.6. The summed E-state index contributed by atoms with van der Waals surface area (Å²) in [5, 5.41) is 12.4. The van der Waals surface area contributed by atoms with Gasteiger partial charge in [-0.25, -0.2) is 4.79 Å². The third kappa shape index (κ3) is 3.75. The van der Waals surface area contributed by atoms with Gasteiger partial charge >= 0.3 is 6.03 Å². The Morgan fingerprint density at radius 3 is 2.66 bits per heavy atom. The first-order chi connectivity index (χ1) is 14.3. The minimum atomic E-state index is -0.0507. The van der Waals surface area contributed by atoms with E-state index in [9.17, 15) is 4.79 Å². The molecule has 0 unspecified atom stereocenters. The molecular weight excluding hydrogens is 370 g/mol. The highest BCUT2D eigenvalue weighted by molar-refractivity contribution is 5.90. The van der Waals surface area contributed by atoms with E-state index in [4.69, 9.17) is 9.15 Å². The van der Waals surface area contributed by atoms with E-state index < -0.39 is 0 Å². The second-order valence-corrected chi connectivity index (χ2v) is 7.38. The van der Waals surface area contributed by atoms with E-state index >= 15 is 0 Å². The second-order valence-electron chi connectivity index (χ2n) is 7.38. The molecule has 0 spiro atoms. The van der Waals surface area contributed by atoms with Crippen molar-refractivity contribution in [1.29, 1.82) is 0 Å². The number of furan rings is 1. The number of carbonyl (C=O) groups is 1. The fraction of sp³-hybridized carbons (Fsp3) is 0.381. The molecule has 29 heavy (non-hydrogen) atoms. The van der Waals surface area contributed by atoms with Gasteiger partial charge in [0.15, 0.2) is 5.82 Å².